The molecule has 2 heterocycles. The van der Waals surface area contributed by atoms with Gasteiger partial charge in [0.1, 0.15) is 6.04 Å². The second-order valence-electron chi connectivity index (χ2n) is 5.40. The highest BCUT2D eigenvalue weighted by atomic mass is 19.4. The van der Waals surface area contributed by atoms with Gasteiger partial charge in [0.25, 0.3) is 0 Å². The molecule has 5 nitrogen and oxygen atoms in total. The lowest BCUT2D eigenvalue weighted by Gasteiger charge is -2.40. The van der Waals surface area contributed by atoms with Gasteiger partial charge in [-0.2, -0.15) is 13.2 Å². The third kappa shape index (κ3) is 3.41. The molecule has 2 unspecified atom stereocenters. The molecule has 0 radical (unpaired) electrons. The largest absolute Gasteiger partial charge is 0.481 e. The van der Waals surface area contributed by atoms with Gasteiger partial charge in [0.2, 0.25) is 5.91 Å². The molecule has 2 rings (SSSR count). The number of nitrogens with one attached hydrogen (secondary N) is 1. The standard InChI is InChI=1S/C12H17F3N2O3/c13-12(14,15)9-5-8(6-10(18)16-9)17-3-1-7(2-4-17)11(19)20/h7-9H,1-6H2,(H,16,18)(H,19,20). The monoisotopic (exact) mass is 294 g/mol. The zero-order valence-electron chi connectivity index (χ0n) is 10.8. The number of carboxylic acid groups (broad SMARTS) is 1. The van der Waals surface area contributed by atoms with Crippen LogP contribution in [0.4, 0.5) is 13.2 Å². The van der Waals surface area contributed by atoms with E-state index in [-0.39, 0.29) is 12.8 Å². The highest BCUT2D eigenvalue weighted by Gasteiger charge is 2.46. The summed E-state index contributed by atoms with van der Waals surface area (Å²) in [6, 6.07) is -2.25. The number of hydrogen-bond acceptors (Lipinski definition) is 3. The minimum atomic E-state index is -4.44. The molecular weight excluding hydrogens is 277 g/mol. The lowest BCUT2D eigenvalue weighted by molar-refractivity contribution is -0.172. The molecular formula is C12H17F3N2O3. The van der Waals surface area contributed by atoms with E-state index >= 15 is 0 Å². The molecule has 20 heavy (non-hydrogen) atoms. The average molecular weight is 294 g/mol. The molecule has 0 bridgehead atoms. The Morgan fingerprint density at radius 1 is 1.30 bits per heavy atom. The first-order valence-corrected chi connectivity index (χ1v) is 6.60. The van der Waals surface area contributed by atoms with Gasteiger partial charge >= 0.3 is 12.1 Å². The molecule has 0 aromatic carbocycles. The molecule has 2 fully saturated rings. The summed E-state index contributed by atoms with van der Waals surface area (Å²) < 4.78 is 38.1. The number of amides is 1. The zero-order valence-corrected chi connectivity index (χ0v) is 10.8. The number of aliphatic carboxylic acids is 1. The molecule has 2 aliphatic rings. The summed E-state index contributed by atoms with van der Waals surface area (Å²) in [5.74, 6) is -1.88. The first-order valence-electron chi connectivity index (χ1n) is 6.60. The Hall–Kier alpha value is -1.31. The van der Waals surface area contributed by atoms with Crippen molar-refractivity contribution in [2.24, 2.45) is 5.92 Å². The maximum absolute atomic E-state index is 12.7. The second kappa shape index (κ2) is 5.59. The van der Waals surface area contributed by atoms with Crippen molar-refractivity contribution in [1.82, 2.24) is 10.2 Å². The molecule has 8 heteroatoms. The zero-order chi connectivity index (χ0) is 14.9. The molecule has 0 aromatic heterocycles. The van der Waals surface area contributed by atoms with Crippen LogP contribution in [0.5, 0.6) is 0 Å². The van der Waals surface area contributed by atoms with Crippen molar-refractivity contribution in [2.45, 2.75) is 43.9 Å². The highest BCUT2D eigenvalue weighted by Crippen LogP contribution is 2.30. The Kier molecular flexibility index (Phi) is 4.22. The van der Waals surface area contributed by atoms with Crippen molar-refractivity contribution in [1.29, 1.82) is 0 Å². The van der Waals surface area contributed by atoms with Gasteiger partial charge in [0, 0.05) is 12.5 Å². The Morgan fingerprint density at radius 3 is 2.40 bits per heavy atom. The second-order valence-corrected chi connectivity index (χ2v) is 5.40. The lowest BCUT2D eigenvalue weighted by Crippen LogP contribution is -2.57. The van der Waals surface area contributed by atoms with Crippen LogP contribution in [-0.4, -0.2) is 53.2 Å². The van der Waals surface area contributed by atoms with Gasteiger partial charge in [0.05, 0.1) is 5.92 Å². The Bertz CT molecular complexity index is 392. The Balaban J connectivity index is 1.95. The molecule has 0 aliphatic carbocycles. The topological polar surface area (TPSA) is 69.6 Å². The van der Waals surface area contributed by atoms with Gasteiger partial charge in [-0.25, -0.2) is 0 Å². The van der Waals surface area contributed by atoms with Crippen molar-refractivity contribution < 1.29 is 27.9 Å². The summed E-state index contributed by atoms with van der Waals surface area (Å²) in [5.41, 5.74) is 0. The molecule has 2 aliphatic heterocycles. The van der Waals surface area contributed by atoms with E-state index in [1.807, 2.05) is 10.2 Å². The summed E-state index contributed by atoms with van der Waals surface area (Å²) >= 11 is 0. The van der Waals surface area contributed by atoms with Gasteiger partial charge in [-0.1, -0.05) is 0 Å². The van der Waals surface area contributed by atoms with E-state index in [1.165, 1.54) is 0 Å². The van der Waals surface area contributed by atoms with Crippen LogP contribution < -0.4 is 5.32 Å². The van der Waals surface area contributed by atoms with E-state index in [9.17, 15) is 22.8 Å². The van der Waals surface area contributed by atoms with E-state index in [0.717, 1.165) is 0 Å². The summed E-state index contributed by atoms with van der Waals surface area (Å²) in [6.45, 7) is 0.860. The SMILES string of the molecule is O=C1CC(N2CCC(C(=O)O)CC2)CC(C(F)(F)F)N1. The first-order chi connectivity index (χ1) is 9.27. The van der Waals surface area contributed by atoms with Gasteiger partial charge in [-0.3, -0.25) is 14.5 Å². The molecule has 0 aromatic rings. The molecule has 2 saturated heterocycles. The number of rotatable bonds is 2. The smallest absolute Gasteiger partial charge is 0.408 e. The quantitative estimate of drug-likeness (QED) is 0.797. The van der Waals surface area contributed by atoms with Gasteiger partial charge < -0.3 is 10.4 Å². The molecule has 2 atom stereocenters. The minimum Gasteiger partial charge on any atom is -0.481 e. The number of nitrogens with zero attached hydrogens (tertiary/aromatic N) is 1. The van der Waals surface area contributed by atoms with E-state index < -0.39 is 36.1 Å². The van der Waals surface area contributed by atoms with Crippen molar-refractivity contribution in [3.8, 4) is 0 Å². The first kappa shape index (κ1) is 15.1. The van der Waals surface area contributed by atoms with Crippen molar-refractivity contribution >= 4 is 11.9 Å². The van der Waals surface area contributed by atoms with Gasteiger partial charge in [0.15, 0.2) is 0 Å². The number of alkyl halides is 3. The van der Waals surface area contributed by atoms with Crippen LogP contribution in [0.2, 0.25) is 0 Å². The maximum atomic E-state index is 12.7. The number of carboxylic acids is 1. The molecule has 0 spiro atoms. The fourth-order valence-corrected chi connectivity index (χ4v) is 2.89. The molecule has 114 valence electrons. The molecule has 2 N–H and O–H groups in total. The van der Waals surface area contributed by atoms with Gasteiger partial charge in [-0.05, 0) is 32.4 Å². The van der Waals surface area contributed by atoms with Crippen molar-refractivity contribution in [3.05, 3.63) is 0 Å². The van der Waals surface area contributed by atoms with Crippen LogP contribution in [0.3, 0.4) is 0 Å². The van der Waals surface area contributed by atoms with E-state index in [4.69, 9.17) is 5.11 Å². The number of piperidine rings is 2. The lowest BCUT2D eigenvalue weighted by atomic mass is 9.91. The molecule has 0 saturated carbocycles. The average Bonchev–Trinajstić information content (AvgIpc) is 2.37. The van der Waals surface area contributed by atoms with Gasteiger partial charge in [-0.15, -0.1) is 0 Å². The predicted molar refractivity (Wildman–Crippen MR) is 62.9 cm³/mol. The summed E-state index contributed by atoms with van der Waals surface area (Å²) in [4.78, 5) is 24.1. The number of carbonyl (C=O) groups is 2. The van der Waals surface area contributed by atoms with Crippen LogP contribution in [-0.2, 0) is 9.59 Å². The van der Waals surface area contributed by atoms with E-state index in [0.29, 0.717) is 25.9 Å². The van der Waals surface area contributed by atoms with Crippen LogP contribution in [0.25, 0.3) is 0 Å². The van der Waals surface area contributed by atoms with Crippen LogP contribution in [0.15, 0.2) is 0 Å². The number of halogens is 3. The number of carbonyl (C=O) groups excluding carboxylic acids is 1. The predicted octanol–water partition coefficient (Wildman–Crippen LogP) is 0.992. The van der Waals surface area contributed by atoms with Crippen molar-refractivity contribution in [2.75, 3.05) is 13.1 Å². The van der Waals surface area contributed by atoms with Crippen LogP contribution >= 0.6 is 0 Å². The number of hydrogen-bond donors (Lipinski definition) is 2. The summed E-state index contributed by atoms with van der Waals surface area (Å²) in [5, 5.41) is 10.9. The minimum absolute atomic E-state index is 0.0460. The molecule has 1 amide bonds. The van der Waals surface area contributed by atoms with Crippen LogP contribution in [0.1, 0.15) is 25.7 Å². The Labute approximate surface area is 114 Å². The van der Waals surface area contributed by atoms with Crippen LogP contribution in [0, 0.1) is 5.92 Å². The summed E-state index contributed by atoms with van der Waals surface area (Å²) in [7, 11) is 0. The maximum Gasteiger partial charge on any atom is 0.408 e. The fraction of sp³-hybridized carbons (Fsp3) is 0.833. The summed E-state index contributed by atoms with van der Waals surface area (Å²) in [6.07, 6.45) is -3.71. The van der Waals surface area contributed by atoms with E-state index in [2.05, 4.69) is 0 Å². The highest BCUT2D eigenvalue weighted by molar-refractivity contribution is 5.78. The third-order valence-corrected chi connectivity index (χ3v) is 4.05. The third-order valence-electron chi connectivity index (χ3n) is 4.05. The number of likely N-dealkylation sites (tertiary alicyclic amines) is 1. The Morgan fingerprint density at radius 2 is 1.90 bits per heavy atom. The normalized spacial score (nSPS) is 30.1. The van der Waals surface area contributed by atoms with E-state index in [1.54, 1.807) is 0 Å². The van der Waals surface area contributed by atoms with Crippen molar-refractivity contribution in [3.63, 3.8) is 0 Å². The fourth-order valence-electron chi connectivity index (χ4n) is 2.89.